The van der Waals surface area contributed by atoms with E-state index < -0.39 is 17.2 Å². The van der Waals surface area contributed by atoms with Crippen LogP contribution in [0, 0.1) is 5.82 Å². The molecule has 0 saturated carbocycles. The second-order valence-electron chi connectivity index (χ2n) is 6.60. The van der Waals surface area contributed by atoms with Crippen LogP contribution in [0.25, 0.3) is 0 Å². The molecule has 3 aromatic rings. The van der Waals surface area contributed by atoms with Crippen molar-refractivity contribution in [3.63, 3.8) is 0 Å². The lowest BCUT2D eigenvalue weighted by Gasteiger charge is -2.13. The van der Waals surface area contributed by atoms with Gasteiger partial charge >= 0.3 is 5.51 Å². The lowest BCUT2D eigenvalue weighted by atomic mass is 10.2. The Bertz CT molecular complexity index is 1120. The second kappa shape index (κ2) is 10.4. The van der Waals surface area contributed by atoms with Crippen molar-refractivity contribution in [3.05, 3.63) is 71.7 Å². The van der Waals surface area contributed by atoms with Crippen LogP contribution in [0.2, 0.25) is 0 Å². The molecule has 33 heavy (non-hydrogen) atoms. The summed E-state index contributed by atoms with van der Waals surface area (Å²) in [5.41, 5.74) is -4.00. The van der Waals surface area contributed by atoms with Crippen LogP contribution in [0.15, 0.2) is 59.6 Å². The molecule has 0 aliphatic heterocycles. The molecule has 11 heteroatoms. The van der Waals surface area contributed by atoms with E-state index in [1.54, 1.807) is 31.4 Å². The van der Waals surface area contributed by atoms with E-state index in [0.29, 0.717) is 5.75 Å². The molecular weight excluding hydrogens is 462 g/mol. The van der Waals surface area contributed by atoms with Gasteiger partial charge in [-0.1, -0.05) is 12.1 Å². The number of hydrogen-bond acceptors (Lipinski definition) is 6. The molecule has 3 rings (SSSR count). The smallest absolute Gasteiger partial charge is 0.446 e. The minimum Gasteiger partial charge on any atom is -0.497 e. The van der Waals surface area contributed by atoms with Gasteiger partial charge in [0.25, 0.3) is 5.91 Å². The zero-order valence-corrected chi connectivity index (χ0v) is 18.3. The number of ether oxygens (including phenoxy) is 2. The maximum Gasteiger partial charge on any atom is 0.446 e. The predicted octanol–water partition coefficient (Wildman–Crippen LogP) is 5.71. The van der Waals surface area contributed by atoms with E-state index in [2.05, 4.69) is 15.6 Å². The number of aromatic nitrogens is 1. The topological polar surface area (TPSA) is 72.5 Å². The number of anilines is 2. The van der Waals surface area contributed by atoms with Gasteiger partial charge in [-0.25, -0.2) is 9.37 Å². The van der Waals surface area contributed by atoms with E-state index >= 15 is 0 Å². The van der Waals surface area contributed by atoms with Crippen LogP contribution in [0.3, 0.4) is 0 Å². The van der Waals surface area contributed by atoms with Crippen LogP contribution in [-0.2, 0) is 6.61 Å². The van der Waals surface area contributed by atoms with Crippen LogP contribution in [0.1, 0.15) is 15.9 Å². The average molecular weight is 481 g/mol. The van der Waals surface area contributed by atoms with Gasteiger partial charge in [-0.3, -0.25) is 4.79 Å². The summed E-state index contributed by atoms with van der Waals surface area (Å²) in [7, 11) is 3.05. The number of amides is 1. The summed E-state index contributed by atoms with van der Waals surface area (Å²) in [6, 6.07) is 12.0. The maximum atomic E-state index is 14.6. The third-order valence-electron chi connectivity index (χ3n) is 4.33. The number of nitrogens with one attached hydrogen (secondary N) is 2. The monoisotopic (exact) mass is 481 g/mol. The fraction of sp³-hybridized carbons (Fsp3) is 0.182. The molecule has 174 valence electrons. The van der Waals surface area contributed by atoms with Gasteiger partial charge in [0, 0.05) is 24.2 Å². The summed E-state index contributed by atoms with van der Waals surface area (Å²) in [5.74, 6) is -0.656. The zero-order chi connectivity index (χ0) is 24.0. The number of halogens is 4. The lowest BCUT2D eigenvalue weighted by molar-refractivity contribution is -0.0328. The van der Waals surface area contributed by atoms with Crippen molar-refractivity contribution in [1.82, 2.24) is 4.98 Å². The Morgan fingerprint density at radius 2 is 1.79 bits per heavy atom. The Balaban J connectivity index is 1.70. The zero-order valence-electron chi connectivity index (χ0n) is 17.5. The summed E-state index contributed by atoms with van der Waals surface area (Å²) in [6.45, 7) is 0.176. The Hall–Kier alpha value is -3.47. The maximum absolute atomic E-state index is 14.6. The Morgan fingerprint density at radius 3 is 2.39 bits per heavy atom. The van der Waals surface area contributed by atoms with E-state index in [1.165, 1.54) is 19.2 Å². The third kappa shape index (κ3) is 6.75. The van der Waals surface area contributed by atoms with Crippen molar-refractivity contribution in [3.8, 4) is 11.5 Å². The van der Waals surface area contributed by atoms with Gasteiger partial charge in [-0.15, -0.1) is 0 Å². The van der Waals surface area contributed by atoms with Crippen molar-refractivity contribution >= 4 is 29.2 Å². The van der Waals surface area contributed by atoms with Gasteiger partial charge in [-0.05, 0) is 47.7 Å². The van der Waals surface area contributed by atoms with Crippen molar-refractivity contribution < 1.29 is 31.8 Å². The highest BCUT2D eigenvalue weighted by Gasteiger charge is 2.30. The molecule has 0 aliphatic rings. The van der Waals surface area contributed by atoms with Crippen molar-refractivity contribution in [2.75, 3.05) is 24.8 Å². The van der Waals surface area contributed by atoms with Gasteiger partial charge in [-0.2, -0.15) is 13.2 Å². The highest BCUT2D eigenvalue weighted by Crippen LogP contribution is 2.38. The largest absolute Gasteiger partial charge is 0.497 e. The van der Waals surface area contributed by atoms with Crippen LogP contribution in [0.4, 0.5) is 29.1 Å². The number of methoxy groups -OCH3 is 1. The van der Waals surface area contributed by atoms with Gasteiger partial charge in [0.15, 0.2) is 0 Å². The number of carbonyl (C=O) groups is 1. The Labute approximate surface area is 191 Å². The minimum absolute atomic E-state index is 0.0176. The molecule has 0 aliphatic carbocycles. The highest BCUT2D eigenvalue weighted by atomic mass is 32.2. The van der Waals surface area contributed by atoms with Gasteiger partial charge in [0.1, 0.15) is 29.7 Å². The summed E-state index contributed by atoms with van der Waals surface area (Å²) in [4.78, 5) is 16.2. The fourth-order valence-corrected chi connectivity index (χ4v) is 3.33. The summed E-state index contributed by atoms with van der Waals surface area (Å²) >= 11 is -0.371. The molecule has 0 atom stereocenters. The molecule has 2 aromatic carbocycles. The molecule has 1 heterocycles. The van der Waals surface area contributed by atoms with E-state index in [9.17, 15) is 22.4 Å². The van der Waals surface area contributed by atoms with Crippen molar-refractivity contribution in [2.24, 2.45) is 0 Å². The predicted molar refractivity (Wildman–Crippen MR) is 117 cm³/mol. The molecule has 2 N–H and O–H groups in total. The molecule has 1 amide bonds. The second-order valence-corrected chi connectivity index (χ2v) is 7.74. The van der Waals surface area contributed by atoms with E-state index in [-0.39, 0.29) is 46.1 Å². The molecule has 0 fully saturated rings. The number of benzene rings is 2. The summed E-state index contributed by atoms with van der Waals surface area (Å²) in [6.07, 6.45) is 1.02. The molecule has 0 unspecified atom stereocenters. The molecular formula is C22H19F4N3O3S. The highest BCUT2D eigenvalue weighted by molar-refractivity contribution is 8.00. The number of hydrogen-bond donors (Lipinski definition) is 2. The van der Waals surface area contributed by atoms with Crippen LogP contribution in [-0.4, -0.2) is 30.6 Å². The standard InChI is InChI=1S/C22H19F4N3O3S/c1-27-20-19(10-16(11-28-20)33-22(24,25)26)29-21(30)17-8-7-15(9-18(17)23)32-12-13-3-5-14(31-2)6-4-13/h3-11H,12H2,1-2H3,(H,27,28)(H,29,30). The number of carbonyl (C=O) groups excluding carboxylic acids is 1. The number of alkyl halides is 3. The number of thioether (sulfide) groups is 1. The van der Waals surface area contributed by atoms with Gasteiger partial charge in [0.05, 0.1) is 18.4 Å². The average Bonchev–Trinajstić information content (AvgIpc) is 2.77. The normalized spacial score (nSPS) is 11.1. The molecule has 0 radical (unpaired) electrons. The van der Waals surface area contributed by atoms with Crippen LogP contribution < -0.4 is 20.1 Å². The van der Waals surface area contributed by atoms with Crippen molar-refractivity contribution in [2.45, 2.75) is 17.0 Å². The first-order valence-electron chi connectivity index (χ1n) is 9.48. The number of nitrogens with zero attached hydrogens (tertiary/aromatic N) is 1. The van der Waals surface area contributed by atoms with E-state index in [4.69, 9.17) is 9.47 Å². The fourth-order valence-electron chi connectivity index (χ4n) is 2.78. The Kier molecular flexibility index (Phi) is 7.64. The SMILES string of the molecule is CNc1ncc(SC(F)(F)F)cc1NC(=O)c1ccc(OCc2ccc(OC)cc2)cc1F. The first-order chi connectivity index (χ1) is 15.7. The lowest BCUT2D eigenvalue weighted by Crippen LogP contribution is -2.15. The first-order valence-corrected chi connectivity index (χ1v) is 10.3. The van der Waals surface area contributed by atoms with Crippen LogP contribution in [0.5, 0.6) is 11.5 Å². The molecule has 1 aromatic heterocycles. The Morgan fingerprint density at radius 1 is 1.09 bits per heavy atom. The summed E-state index contributed by atoms with van der Waals surface area (Å²) < 4.78 is 63.1. The first kappa shape index (κ1) is 24.2. The minimum atomic E-state index is -4.52. The quantitative estimate of drug-likeness (QED) is 0.317. The third-order valence-corrected chi connectivity index (χ3v) is 5.02. The van der Waals surface area contributed by atoms with Gasteiger partial charge < -0.3 is 20.1 Å². The summed E-state index contributed by atoms with van der Waals surface area (Å²) in [5, 5.41) is 5.06. The number of rotatable bonds is 8. The van der Waals surface area contributed by atoms with E-state index in [1.807, 2.05) is 0 Å². The molecule has 0 spiro atoms. The van der Waals surface area contributed by atoms with Crippen LogP contribution >= 0.6 is 11.8 Å². The van der Waals surface area contributed by atoms with E-state index in [0.717, 1.165) is 23.9 Å². The molecule has 0 saturated heterocycles. The van der Waals surface area contributed by atoms with Gasteiger partial charge in [0.2, 0.25) is 0 Å². The number of pyridine rings is 1. The molecule has 6 nitrogen and oxygen atoms in total. The molecule has 0 bridgehead atoms. The van der Waals surface area contributed by atoms with Crippen molar-refractivity contribution in [1.29, 1.82) is 0 Å².